The summed E-state index contributed by atoms with van der Waals surface area (Å²) in [5.41, 5.74) is 1.57. The normalized spacial score (nSPS) is 10.5. The van der Waals surface area contributed by atoms with Gasteiger partial charge in [-0.15, -0.1) is 0 Å². The van der Waals surface area contributed by atoms with Crippen LogP contribution in [0.25, 0.3) is 12.2 Å². The van der Waals surface area contributed by atoms with Gasteiger partial charge < -0.3 is 9.47 Å². The molecule has 0 spiro atoms. The van der Waals surface area contributed by atoms with Crippen molar-refractivity contribution in [2.45, 2.75) is 13.8 Å². The summed E-state index contributed by atoms with van der Waals surface area (Å²) in [5.74, 6) is 1.31. The molecule has 6 heteroatoms. The maximum Gasteiger partial charge on any atom is 0.282 e. The van der Waals surface area contributed by atoms with Crippen molar-refractivity contribution in [3.05, 3.63) is 50.9 Å². The third kappa shape index (κ3) is 3.58. The van der Waals surface area contributed by atoms with Crippen LogP contribution in [0.2, 0.25) is 0 Å². The highest BCUT2D eigenvalue weighted by atomic mass is 16.5. The van der Waals surface area contributed by atoms with Gasteiger partial charge in [0.1, 0.15) is 11.6 Å². The molecule has 0 aliphatic heterocycles. The van der Waals surface area contributed by atoms with Gasteiger partial charge in [-0.3, -0.25) is 4.79 Å². The maximum atomic E-state index is 11.5. The number of rotatable bonds is 5. The molecule has 1 aromatic heterocycles. The molecule has 0 fully saturated rings. The van der Waals surface area contributed by atoms with Crippen LogP contribution in [0.3, 0.4) is 0 Å². The highest BCUT2D eigenvalue weighted by molar-refractivity contribution is 5.71. The van der Waals surface area contributed by atoms with Crippen LogP contribution in [-0.4, -0.2) is 23.9 Å². The molecule has 0 bridgehead atoms. The van der Waals surface area contributed by atoms with Crippen LogP contribution in [0.1, 0.15) is 29.3 Å². The summed E-state index contributed by atoms with van der Waals surface area (Å²) in [7, 11) is 1.59. The van der Waals surface area contributed by atoms with E-state index in [0.717, 1.165) is 5.56 Å². The highest BCUT2D eigenvalue weighted by Gasteiger charge is 2.08. The van der Waals surface area contributed by atoms with Crippen molar-refractivity contribution < 1.29 is 9.47 Å². The van der Waals surface area contributed by atoms with Gasteiger partial charge in [-0.1, -0.05) is 12.1 Å². The second-order valence-electron chi connectivity index (χ2n) is 4.73. The number of nitriles is 1. The number of H-pyrrole nitrogens is 1. The Bertz CT molecular complexity index is 832. The number of benzene rings is 1. The Balaban J connectivity index is 2.36. The Kier molecular flexibility index (Phi) is 5.15. The smallest absolute Gasteiger partial charge is 0.282 e. The first-order chi connectivity index (χ1) is 11.1. The molecule has 1 N–H and O–H groups in total. The molecular weight excluding hydrogens is 294 g/mol. The zero-order valence-electron chi connectivity index (χ0n) is 13.2. The summed E-state index contributed by atoms with van der Waals surface area (Å²) in [6.07, 6.45) is 3.57. The second kappa shape index (κ2) is 7.27. The van der Waals surface area contributed by atoms with E-state index in [-0.39, 0.29) is 5.56 Å². The molecule has 118 valence electrons. The molecule has 23 heavy (non-hydrogen) atoms. The monoisotopic (exact) mass is 311 g/mol. The fourth-order valence-corrected chi connectivity index (χ4v) is 2.09. The fraction of sp³-hybridized carbons (Fsp3) is 0.235. The lowest BCUT2D eigenvalue weighted by Crippen LogP contribution is -2.15. The van der Waals surface area contributed by atoms with E-state index < -0.39 is 5.56 Å². The van der Waals surface area contributed by atoms with Gasteiger partial charge in [0.2, 0.25) is 0 Å². The molecule has 0 atom stereocenters. The molecule has 0 saturated heterocycles. The molecular formula is C17H17N3O3. The molecule has 1 heterocycles. The summed E-state index contributed by atoms with van der Waals surface area (Å²) >= 11 is 0. The molecule has 0 aliphatic carbocycles. The van der Waals surface area contributed by atoms with Gasteiger partial charge in [0.05, 0.1) is 19.4 Å². The minimum atomic E-state index is -0.481. The number of hydrogen-bond donors (Lipinski definition) is 1. The van der Waals surface area contributed by atoms with Gasteiger partial charge in [-0.2, -0.15) is 10.4 Å². The lowest BCUT2D eigenvalue weighted by atomic mass is 10.1. The standard InChI is InChI=1S/C17H17N3O3/c1-4-23-16-9-12(6-8-15(16)22-3)5-7-14-11(2)13(10-18)17(21)20-19-14/h5-9H,4H2,1-3H3,(H,20,21)/b7-5+. The van der Waals surface area contributed by atoms with Crippen molar-refractivity contribution in [3.63, 3.8) is 0 Å². The average molecular weight is 311 g/mol. The minimum Gasteiger partial charge on any atom is -0.493 e. The summed E-state index contributed by atoms with van der Waals surface area (Å²) in [6, 6.07) is 7.44. The maximum absolute atomic E-state index is 11.5. The third-order valence-electron chi connectivity index (χ3n) is 3.30. The Hall–Kier alpha value is -3.07. The fourth-order valence-electron chi connectivity index (χ4n) is 2.09. The number of nitrogens with one attached hydrogen (secondary N) is 1. The van der Waals surface area contributed by atoms with Crippen LogP contribution in [0.5, 0.6) is 11.5 Å². The quantitative estimate of drug-likeness (QED) is 0.916. The van der Waals surface area contributed by atoms with Crippen LogP contribution < -0.4 is 15.0 Å². The molecule has 0 aliphatic rings. The Morgan fingerprint density at radius 2 is 2.13 bits per heavy atom. The summed E-state index contributed by atoms with van der Waals surface area (Å²) in [4.78, 5) is 11.5. The molecule has 0 unspecified atom stereocenters. The number of aromatic amines is 1. The van der Waals surface area contributed by atoms with E-state index in [9.17, 15) is 4.79 Å². The van der Waals surface area contributed by atoms with Crippen molar-refractivity contribution in [1.29, 1.82) is 5.26 Å². The number of methoxy groups -OCH3 is 1. The van der Waals surface area contributed by atoms with E-state index in [1.54, 1.807) is 20.1 Å². The van der Waals surface area contributed by atoms with Crippen LogP contribution >= 0.6 is 0 Å². The summed E-state index contributed by atoms with van der Waals surface area (Å²) < 4.78 is 10.8. The number of hydrogen-bond acceptors (Lipinski definition) is 5. The van der Waals surface area contributed by atoms with Crippen molar-refractivity contribution in [3.8, 4) is 17.6 Å². The third-order valence-corrected chi connectivity index (χ3v) is 3.30. The van der Waals surface area contributed by atoms with Gasteiger partial charge in [0, 0.05) is 0 Å². The Morgan fingerprint density at radius 1 is 1.35 bits per heavy atom. The SMILES string of the molecule is CCOc1cc(/C=C/c2n[nH]c(=O)c(C#N)c2C)ccc1OC. The van der Waals surface area contributed by atoms with E-state index in [2.05, 4.69) is 10.2 Å². The lowest BCUT2D eigenvalue weighted by molar-refractivity contribution is 0.311. The van der Waals surface area contributed by atoms with Gasteiger partial charge in [0.25, 0.3) is 5.56 Å². The van der Waals surface area contributed by atoms with E-state index in [1.807, 2.05) is 37.3 Å². The first-order valence-electron chi connectivity index (χ1n) is 7.09. The molecule has 2 aromatic rings. The number of aromatic nitrogens is 2. The predicted molar refractivity (Wildman–Crippen MR) is 87.4 cm³/mol. The molecule has 0 radical (unpaired) electrons. The van der Waals surface area contributed by atoms with Crippen LogP contribution in [0.15, 0.2) is 23.0 Å². The van der Waals surface area contributed by atoms with Crippen molar-refractivity contribution in [2.75, 3.05) is 13.7 Å². The lowest BCUT2D eigenvalue weighted by Gasteiger charge is -2.09. The highest BCUT2D eigenvalue weighted by Crippen LogP contribution is 2.28. The minimum absolute atomic E-state index is 0.0735. The summed E-state index contributed by atoms with van der Waals surface area (Å²) in [6.45, 7) is 4.13. The zero-order chi connectivity index (χ0) is 16.8. The first kappa shape index (κ1) is 16.3. The molecule has 0 amide bonds. The van der Waals surface area contributed by atoms with E-state index in [4.69, 9.17) is 14.7 Å². The van der Waals surface area contributed by atoms with Crippen LogP contribution in [0, 0.1) is 18.3 Å². The van der Waals surface area contributed by atoms with Crippen LogP contribution in [-0.2, 0) is 0 Å². The molecule has 1 aromatic carbocycles. The van der Waals surface area contributed by atoms with E-state index in [1.165, 1.54) is 0 Å². The van der Waals surface area contributed by atoms with Crippen LogP contribution in [0.4, 0.5) is 0 Å². The van der Waals surface area contributed by atoms with Crippen molar-refractivity contribution in [1.82, 2.24) is 10.2 Å². The predicted octanol–water partition coefficient (Wildman–Crippen LogP) is 2.53. The zero-order valence-corrected chi connectivity index (χ0v) is 13.2. The number of ether oxygens (including phenoxy) is 2. The topological polar surface area (TPSA) is 88.0 Å². The molecule has 6 nitrogen and oxygen atoms in total. The van der Waals surface area contributed by atoms with Gasteiger partial charge in [-0.05, 0) is 43.2 Å². The van der Waals surface area contributed by atoms with Crippen molar-refractivity contribution >= 4 is 12.2 Å². The first-order valence-corrected chi connectivity index (χ1v) is 7.09. The van der Waals surface area contributed by atoms with Gasteiger partial charge in [0.15, 0.2) is 11.5 Å². The second-order valence-corrected chi connectivity index (χ2v) is 4.73. The van der Waals surface area contributed by atoms with E-state index >= 15 is 0 Å². The average Bonchev–Trinajstić information content (AvgIpc) is 2.55. The molecule has 2 rings (SSSR count). The van der Waals surface area contributed by atoms with Gasteiger partial charge >= 0.3 is 0 Å². The largest absolute Gasteiger partial charge is 0.493 e. The van der Waals surface area contributed by atoms with Crippen molar-refractivity contribution in [2.24, 2.45) is 0 Å². The Morgan fingerprint density at radius 3 is 2.78 bits per heavy atom. The Labute approximate surface area is 134 Å². The molecule has 0 saturated carbocycles. The van der Waals surface area contributed by atoms with Gasteiger partial charge in [-0.25, -0.2) is 5.10 Å². The summed E-state index contributed by atoms with van der Waals surface area (Å²) in [5, 5.41) is 15.3. The number of nitrogens with zero attached hydrogens (tertiary/aromatic N) is 2. The van der Waals surface area contributed by atoms with E-state index in [0.29, 0.717) is 29.4 Å².